The van der Waals surface area contributed by atoms with Gasteiger partial charge in [-0.3, -0.25) is 9.59 Å². The van der Waals surface area contributed by atoms with E-state index >= 15 is 0 Å². The van der Waals surface area contributed by atoms with Crippen molar-refractivity contribution < 1.29 is 9.59 Å². The minimum absolute atomic E-state index is 0.0658. The molecule has 2 aliphatic rings. The summed E-state index contributed by atoms with van der Waals surface area (Å²) < 4.78 is 0. The third kappa shape index (κ3) is 3.71. The van der Waals surface area contributed by atoms with Gasteiger partial charge in [0.1, 0.15) is 11.6 Å². The van der Waals surface area contributed by atoms with E-state index in [2.05, 4.69) is 13.8 Å². The SMILES string of the molecule is CCCCC1(C)CCCCC2C(=O)CC(=O)C2CCC1. The summed E-state index contributed by atoms with van der Waals surface area (Å²) in [6, 6.07) is 0. The molecule has 20 heavy (non-hydrogen) atoms. The van der Waals surface area contributed by atoms with Crippen molar-refractivity contribution in [3.63, 3.8) is 0 Å². The van der Waals surface area contributed by atoms with E-state index in [-0.39, 0.29) is 29.8 Å². The van der Waals surface area contributed by atoms with Crippen molar-refractivity contribution in [3.05, 3.63) is 0 Å². The lowest BCUT2D eigenvalue weighted by atomic mass is 9.73. The van der Waals surface area contributed by atoms with Crippen LogP contribution in [0.4, 0.5) is 0 Å². The first-order chi connectivity index (χ1) is 9.56. The Balaban J connectivity index is 1.98. The second kappa shape index (κ2) is 6.87. The smallest absolute Gasteiger partial charge is 0.144 e. The van der Waals surface area contributed by atoms with Gasteiger partial charge in [-0.05, 0) is 37.5 Å². The number of hydrogen-bond acceptors (Lipinski definition) is 2. The molecule has 3 atom stereocenters. The highest BCUT2D eigenvalue weighted by atomic mass is 16.2. The molecule has 114 valence electrons. The molecule has 0 spiro atoms. The van der Waals surface area contributed by atoms with Crippen LogP contribution in [0, 0.1) is 17.3 Å². The zero-order valence-electron chi connectivity index (χ0n) is 13.2. The monoisotopic (exact) mass is 278 g/mol. The van der Waals surface area contributed by atoms with Crippen LogP contribution in [0.3, 0.4) is 0 Å². The normalized spacial score (nSPS) is 35.9. The van der Waals surface area contributed by atoms with Gasteiger partial charge in [-0.2, -0.15) is 0 Å². The second-order valence-corrected chi connectivity index (χ2v) is 7.37. The number of ketones is 2. The minimum Gasteiger partial charge on any atom is -0.299 e. The van der Waals surface area contributed by atoms with Gasteiger partial charge in [0.05, 0.1) is 6.42 Å². The molecule has 0 bridgehead atoms. The molecule has 0 aromatic rings. The molecule has 0 N–H and O–H groups in total. The summed E-state index contributed by atoms with van der Waals surface area (Å²) in [5, 5.41) is 0. The predicted molar refractivity (Wildman–Crippen MR) is 81.6 cm³/mol. The van der Waals surface area contributed by atoms with Gasteiger partial charge in [-0.25, -0.2) is 0 Å². The Hall–Kier alpha value is -0.660. The molecule has 2 aliphatic carbocycles. The Morgan fingerprint density at radius 3 is 2.25 bits per heavy atom. The maximum atomic E-state index is 12.0. The number of fused-ring (bicyclic) bond motifs is 1. The molecule has 0 aromatic heterocycles. The van der Waals surface area contributed by atoms with Gasteiger partial charge >= 0.3 is 0 Å². The summed E-state index contributed by atoms with van der Waals surface area (Å²) >= 11 is 0. The van der Waals surface area contributed by atoms with Gasteiger partial charge < -0.3 is 0 Å². The van der Waals surface area contributed by atoms with Crippen molar-refractivity contribution >= 4 is 11.6 Å². The summed E-state index contributed by atoms with van der Waals surface area (Å²) in [6.45, 7) is 4.69. The zero-order valence-corrected chi connectivity index (χ0v) is 13.2. The van der Waals surface area contributed by atoms with Crippen LogP contribution in [-0.2, 0) is 9.59 Å². The third-order valence-electron chi connectivity index (χ3n) is 5.64. The van der Waals surface area contributed by atoms with Crippen LogP contribution in [-0.4, -0.2) is 11.6 Å². The molecule has 2 saturated carbocycles. The molecule has 0 saturated heterocycles. The van der Waals surface area contributed by atoms with Gasteiger partial charge in [0.15, 0.2) is 0 Å². The van der Waals surface area contributed by atoms with Crippen LogP contribution < -0.4 is 0 Å². The van der Waals surface area contributed by atoms with Crippen LogP contribution >= 0.6 is 0 Å². The van der Waals surface area contributed by atoms with Gasteiger partial charge in [-0.1, -0.05) is 46.0 Å². The first kappa shape index (κ1) is 15.7. The molecule has 3 unspecified atom stereocenters. The highest BCUT2D eigenvalue weighted by Gasteiger charge is 2.41. The molecular formula is C18H30O2. The van der Waals surface area contributed by atoms with Crippen molar-refractivity contribution in [2.45, 2.75) is 84.5 Å². The van der Waals surface area contributed by atoms with Crippen LogP contribution in [0.2, 0.25) is 0 Å². The Morgan fingerprint density at radius 1 is 1.00 bits per heavy atom. The van der Waals surface area contributed by atoms with Crippen molar-refractivity contribution in [2.75, 3.05) is 0 Å². The van der Waals surface area contributed by atoms with Crippen LogP contribution in [0.15, 0.2) is 0 Å². The number of unbranched alkanes of at least 4 members (excludes halogenated alkanes) is 1. The van der Waals surface area contributed by atoms with E-state index in [1.807, 2.05) is 0 Å². The largest absolute Gasteiger partial charge is 0.299 e. The molecule has 0 amide bonds. The lowest BCUT2D eigenvalue weighted by molar-refractivity contribution is -0.123. The fourth-order valence-corrected chi connectivity index (χ4v) is 4.25. The summed E-state index contributed by atoms with van der Waals surface area (Å²) in [4.78, 5) is 23.9. The minimum atomic E-state index is 0.0658. The van der Waals surface area contributed by atoms with Crippen LogP contribution in [0.1, 0.15) is 84.5 Å². The van der Waals surface area contributed by atoms with E-state index < -0.39 is 0 Å². The van der Waals surface area contributed by atoms with Gasteiger partial charge in [-0.15, -0.1) is 0 Å². The van der Waals surface area contributed by atoms with E-state index in [0.717, 1.165) is 25.7 Å². The average molecular weight is 278 g/mol. The summed E-state index contributed by atoms with van der Waals surface area (Å²) in [5.74, 6) is 0.601. The maximum Gasteiger partial charge on any atom is 0.144 e. The molecule has 0 radical (unpaired) electrons. The fraction of sp³-hybridized carbons (Fsp3) is 0.889. The average Bonchev–Trinajstić information content (AvgIpc) is 2.68. The van der Waals surface area contributed by atoms with Crippen molar-refractivity contribution in [1.29, 1.82) is 0 Å². The maximum absolute atomic E-state index is 12.0. The number of hydrogen-bond donors (Lipinski definition) is 0. The first-order valence-corrected chi connectivity index (χ1v) is 8.61. The molecule has 0 aliphatic heterocycles. The lowest BCUT2D eigenvalue weighted by Gasteiger charge is -2.32. The van der Waals surface area contributed by atoms with Crippen molar-refractivity contribution in [3.8, 4) is 0 Å². The Morgan fingerprint density at radius 2 is 1.60 bits per heavy atom. The number of carbonyl (C=O) groups excluding carboxylic acids is 2. The van der Waals surface area contributed by atoms with Gasteiger partial charge in [0, 0.05) is 11.8 Å². The fourth-order valence-electron chi connectivity index (χ4n) is 4.25. The number of carbonyl (C=O) groups is 2. The van der Waals surface area contributed by atoms with E-state index in [4.69, 9.17) is 0 Å². The van der Waals surface area contributed by atoms with E-state index in [1.165, 1.54) is 38.5 Å². The Kier molecular flexibility index (Phi) is 5.40. The Bertz CT molecular complexity index is 360. The first-order valence-electron chi connectivity index (χ1n) is 8.61. The molecule has 2 rings (SSSR count). The standard InChI is InChI=1S/C18H30O2/c1-3-4-10-18(2)11-6-5-8-14-15(9-7-12-18)17(20)13-16(14)19/h14-15H,3-13H2,1-2H3. The van der Waals surface area contributed by atoms with Crippen LogP contribution in [0.25, 0.3) is 0 Å². The molecule has 2 heteroatoms. The topological polar surface area (TPSA) is 34.1 Å². The highest BCUT2D eigenvalue weighted by molar-refractivity contribution is 6.08. The molecule has 2 fully saturated rings. The number of Topliss-reactive ketones (excluding diaryl/α,β-unsaturated/α-hetero) is 2. The highest BCUT2D eigenvalue weighted by Crippen LogP contribution is 2.41. The van der Waals surface area contributed by atoms with Gasteiger partial charge in [0.25, 0.3) is 0 Å². The summed E-state index contributed by atoms with van der Waals surface area (Å²) in [6.07, 6.45) is 12.1. The molecule has 0 aromatic carbocycles. The lowest BCUT2D eigenvalue weighted by Crippen LogP contribution is -2.22. The van der Waals surface area contributed by atoms with Crippen molar-refractivity contribution in [1.82, 2.24) is 0 Å². The van der Waals surface area contributed by atoms with Crippen molar-refractivity contribution in [2.24, 2.45) is 17.3 Å². The second-order valence-electron chi connectivity index (χ2n) is 7.37. The molecule has 0 heterocycles. The third-order valence-corrected chi connectivity index (χ3v) is 5.64. The molecular weight excluding hydrogens is 248 g/mol. The Labute approximate surface area is 123 Å². The van der Waals surface area contributed by atoms with Crippen LogP contribution in [0.5, 0.6) is 0 Å². The van der Waals surface area contributed by atoms with E-state index in [0.29, 0.717) is 5.41 Å². The quantitative estimate of drug-likeness (QED) is 0.701. The zero-order chi connectivity index (χ0) is 14.6. The predicted octanol–water partition coefficient (Wildman–Crippen LogP) is 4.70. The van der Waals surface area contributed by atoms with E-state index in [9.17, 15) is 9.59 Å². The molecule has 2 nitrogen and oxygen atoms in total. The summed E-state index contributed by atoms with van der Waals surface area (Å²) in [7, 11) is 0. The number of rotatable bonds is 3. The summed E-state index contributed by atoms with van der Waals surface area (Å²) in [5.41, 5.74) is 0.467. The van der Waals surface area contributed by atoms with E-state index in [1.54, 1.807) is 0 Å². The van der Waals surface area contributed by atoms with Gasteiger partial charge in [0.2, 0.25) is 0 Å².